The van der Waals surface area contributed by atoms with E-state index in [-0.39, 0.29) is 5.75 Å². The lowest BCUT2D eigenvalue weighted by atomic mass is 10.1. The van der Waals surface area contributed by atoms with E-state index in [0.29, 0.717) is 19.6 Å². The number of benzene rings is 1. The predicted octanol–water partition coefficient (Wildman–Crippen LogP) is 2.36. The minimum Gasteiger partial charge on any atom is -0.357 e. The molecule has 1 aliphatic heterocycles. The van der Waals surface area contributed by atoms with Crippen molar-refractivity contribution in [3.63, 3.8) is 0 Å². The molecule has 0 aliphatic carbocycles. The lowest BCUT2D eigenvalue weighted by molar-refractivity contribution is 0.353. The Balaban J connectivity index is 2.04. The fourth-order valence-electron chi connectivity index (χ4n) is 2.69. The van der Waals surface area contributed by atoms with Crippen LogP contribution in [0.25, 0.3) is 0 Å². The quantitative estimate of drug-likeness (QED) is 0.652. The van der Waals surface area contributed by atoms with Crippen molar-refractivity contribution in [3.05, 3.63) is 34.9 Å². The summed E-state index contributed by atoms with van der Waals surface area (Å²) in [5.41, 5.74) is 1.18. The molecule has 0 saturated carbocycles. The Morgan fingerprint density at radius 3 is 2.58 bits per heavy atom. The molecule has 1 fully saturated rings. The van der Waals surface area contributed by atoms with Crippen LogP contribution >= 0.6 is 11.6 Å². The van der Waals surface area contributed by atoms with Gasteiger partial charge in [0.2, 0.25) is 0 Å². The van der Waals surface area contributed by atoms with Gasteiger partial charge in [0.15, 0.2) is 15.8 Å². The highest BCUT2D eigenvalue weighted by Gasteiger charge is 2.40. The van der Waals surface area contributed by atoms with Crippen molar-refractivity contribution < 1.29 is 8.42 Å². The van der Waals surface area contributed by atoms with Gasteiger partial charge in [0, 0.05) is 31.2 Å². The average Bonchev–Trinajstić information content (AvgIpc) is 2.51. The number of guanidine groups is 1. The van der Waals surface area contributed by atoms with E-state index in [1.165, 1.54) is 5.56 Å². The van der Waals surface area contributed by atoms with Crippen molar-refractivity contribution in [2.75, 3.05) is 31.9 Å². The summed E-state index contributed by atoms with van der Waals surface area (Å²) < 4.78 is 23.6. The number of hydrogen-bond donors (Lipinski definition) is 1. The van der Waals surface area contributed by atoms with Crippen LogP contribution in [0.4, 0.5) is 0 Å². The van der Waals surface area contributed by atoms with Gasteiger partial charge in [-0.2, -0.15) is 0 Å². The first-order valence-corrected chi connectivity index (χ1v) is 10.3. The van der Waals surface area contributed by atoms with Crippen molar-refractivity contribution >= 4 is 27.4 Å². The zero-order valence-corrected chi connectivity index (χ0v) is 16.1. The fourth-order valence-corrected chi connectivity index (χ4v) is 4.18. The maximum absolute atomic E-state index is 12.2. The van der Waals surface area contributed by atoms with Gasteiger partial charge in [-0.05, 0) is 44.9 Å². The van der Waals surface area contributed by atoms with Gasteiger partial charge in [0.25, 0.3) is 0 Å². The molecular formula is C17H26ClN3O2S. The van der Waals surface area contributed by atoms with Crippen molar-refractivity contribution in [1.82, 2.24) is 10.2 Å². The van der Waals surface area contributed by atoms with Crippen LogP contribution in [0.5, 0.6) is 0 Å². The molecule has 1 aliphatic rings. The molecule has 0 amide bonds. The van der Waals surface area contributed by atoms with E-state index in [2.05, 4.69) is 10.3 Å². The highest BCUT2D eigenvalue weighted by molar-refractivity contribution is 7.92. The lowest BCUT2D eigenvalue weighted by Gasteiger charge is -2.39. The summed E-state index contributed by atoms with van der Waals surface area (Å²) in [6.45, 7) is 7.93. The van der Waals surface area contributed by atoms with Crippen LogP contribution in [0.1, 0.15) is 26.3 Å². The molecule has 1 heterocycles. The number of nitrogens with one attached hydrogen (secondary N) is 1. The van der Waals surface area contributed by atoms with Crippen LogP contribution in [0.2, 0.25) is 5.02 Å². The second kappa shape index (κ2) is 7.74. The standard InChI is InChI=1S/C17H26ClN3O2S/c1-4-19-16(20-10-9-14-5-7-15(18)8-6-14)21-11-12-24(22,23)17(2,3)13-21/h5-8H,4,9-13H2,1-3H3,(H,19,20). The molecule has 0 aromatic heterocycles. The second-order valence-electron chi connectivity index (χ2n) is 6.61. The summed E-state index contributed by atoms with van der Waals surface area (Å²) >= 11 is 5.90. The number of hydrogen-bond acceptors (Lipinski definition) is 3. The minimum absolute atomic E-state index is 0.168. The predicted molar refractivity (Wildman–Crippen MR) is 101 cm³/mol. The SMILES string of the molecule is CCNC(=NCCc1ccc(Cl)cc1)N1CCS(=O)(=O)C(C)(C)C1. The highest BCUT2D eigenvalue weighted by atomic mass is 35.5. The Morgan fingerprint density at radius 2 is 2.00 bits per heavy atom. The first-order valence-electron chi connectivity index (χ1n) is 8.25. The molecule has 1 saturated heterocycles. The molecule has 134 valence electrons. The molecule has 1 N–H and O–H groups in total. The summed E-state index contributed by atoms with van der Waals surface area (Å²) in [6, 6.07) is 7.76. The van der Waals surface area contributed by atoms with Crippen molar-refractivity contribution in [3.8, 4) is 0 Å². The molecule has 0 atom stereocenters. The van der Waals surface area contributed by atoms with E-state index in [0.717, 1.165) is 23.9 Å². The summed E-state index contributed by atoms with van der Waals surface area (Å²) in [7, 11) is -3.05. The van der Waals surface area contributed by atoms with Crippen LogP contribution in [0, 0.1) is 0 Å². The van der Waals surface area contributed by atoms with Crippen LogP contribution in [0.15, 0.2) is 29.3 Å². The molecule has 0 spiro atoms. The monoisotopic (exact) mass is 371 g/mol. The summed E-state index contributed by atoms with van der Waals surface area (Å²) in [5, 5.41) is 4.00. The number of halogens is 1. The molecule has 1 aromatic carbocycles. The average molecular weight is 372 g/mol. The second-order valence-corrected chi connectivity index (χ2v) is 9.79. The van der Waals surface area contributed by atoms with E-state index >= 15 is 0 Å². The Hall–Kier alpha value is -1.27. The molecule has 0 unspecified atom stereocenters. The van der Waals surface area contributed by atoms with Gasteiger partial charge in [0.1, 0.15) is 0 Å². The van der Waals surface area contributed by atoms with Crippen LogP contribution in [-0.2, 0) is 16.3 Å². The zero-order chi connectivity index (χ0) is 17.8. The number of sulfone groups is 1. The maximum Gasteiger partial charge on any atom is 0.194 e. The Kier molecular flexibility index (Phi) is 6.15. The summed E-state index contributed by atoms with van der Waals surface area (Å²) in [6.07, 6.45) is 0.821. The minimum atomic E-state index is -3.05. The van der Waals surface area contributed by atoms with Gasteiger partial charge in [-0.3, -0.25) is 4.99 Å². The highest BCUT2D eigenvalue weighted by Crippen LogP contribution is 2.23. The van der Waals surface area contributed by atoms with Crippen LogP contribution in [-0.4, -0.2) is 56.0 Å². The lowest BCUT2D eigenvalue weighted by Crippen LogP contribution is -2.57. The molecular weight excluding hydrogens is 346 g/mol. The van der Waals surface area contributed by atoms with Gasteiger partial charge in [0.05, 0.1) is 10.5 Å². The third-order valence-electron chi connectivity index (χ3n) is 4.25. The van der Waals surface area contributed by atoms with E-state index in [4.69, 9.17) is 11.6 Å². The summed E-state index contributed by atoms with van der Waals surface area (Å²) in [5.74, 6) is 0.955. The van der Waals surface area contributed by atoms with Crippen molar-refractivity contribution in [1.29, 1.82) is 0 Å². The third kappa shape index (κ3) is 4.63. The van der Waals surface area contributed by atoms with Crippen molar-refractivity contribution in [2.24, 2.45) is 4.99 Å². The van der Waals surface area contributed by atoms with Gasteiger partial charge in [-0.1, -0.05) is 23.7 Å². The van der Waals surface area contributed by atoms with E-state index in [9.17, 15) is 8.42 Å². The maximum atomic E-state index is 12.2. The van der Waals surface area contributed by atoms with E-state index in [1.54, 1.807) is 13.8 Å². The molecule has 24 heavy (non-hydrogen) atoms. The van der Waals surface area contributed by atoms with Gasteiger partial charge >= 0.3 is 0 Å². The Labute approximate surface area is 150 Å². The van der Waals surface area contributed by atoms with Gasteiger partial charge < -0.3 is 10.2 Å². The fraction of sp³-hybridized carbons (Fsp3) is 0.588. The molecule has 7 heteroatoms. The van der Waals surface area contributed by atoms with Gasteiger partial charge in [-0.25, -0.2) is 8.42 Å². The van der Waals surface area contributed by atoms with Crippen LogP contribution < -0.4 is 5.32 Å². The van der Waals surface area contributed by atoms with Gasteiger partial charge in [-0.15, -0.1) is 0 Å². The zero-order valence-electron chi connectivity index (χ0n) is 14.5. The molecule has 0 radical (unpaired) electrons. The molecule has 1 aromatic rings. The smallest absolute Gasteiger partial charge is 0.194 e. The number of rotatable bonds is 4. The number of aliphatic imine (C=N–C) groups is 1. The van der Waals surface area contributed by atoms with Crippen LogP contribution in [0.3, 0.4) is 0 Å². The first-order chi connectivity index (χ1) is 11.2. The molecule has 5 nitrogen and oxygen atoms in total. The Bertz CT molecular complexity index is 684. The number of nitrogens with zero attached hydrogens (tertiary/aromatic N) is 2. The molecule has 0 bridgehead atoms. The van der Waals surface area contributed by atoms with E-state index < -0.39 is 14.6 Å². The third-order valence-corrected chi connectivity index (χ3v) is 7.04. The first kappa shape index (κ1) is 19.1. The summed E-state index contributed by atoms with van der Waals surface area (Å²) in [4.78, 5) is 6.72. The Morgan fingerprint density at radius 1 is 1.33 bits per heavy atom. The largest absolute Gasteiger partial charge is 0.357 e. The van der Waals surface area contributed by atoms with E-state index in [1.807, 2.05) is 36.1 Å². The van der Waals surface area contributed by atoms with Crippen molar-refractivity contribution in [2.45, 2.75) is 31.9 Å². The topological polar surface area (TPSA) is 61.8 Å². The normalized spacial score (nSPS) is 20.0. The molecule has 2 rings (SSSR count).